The molecule has 0 bridgehead atoms. The predicted molar refractivity (Wildman–Crippen MR) is 107 cm³/mol. The zero-order chi connectivity index (χ0) is 19.6. The number of nitrogens with one attached hydrogen (secondary N) is 1. The number of rotatable bonds is 4. The minimum Gasteiger partial charge on any atom is -0.489 e. The third-order valence-electron chi connectivity index (χ3n) is 5.93. The molecule has 0 saturated carbocycles. The summed E-state index contributed by atoms with van der Waals surface area (Å²) in [5.41, 5.74) is 3.00. The van der Waals surface area contributed by atoms with Crippen LogP contribution < -0.4 is 10.1 Å². The van der Waals surface area contributed by atoms with Gasteiger partial charge in [-0.1, -0.05) is 29.8 Å². The van der Waals surface area contributed by atoms with E-state index in [4.69, 9.17) is 4.74 Å². The van der Waals surface area contributed by atoms with Gasteiger partial charge in [0.15, 0.2) is 0 Å². The molecule has 0 atom stereocenters. The van der Waals surface area contributed by atoms with Gasteiger partial charge in [-0.05, 0) is 55.0 Å². The van der Waals surface area contributed by atoms with Crippen LogP contribution >= 0.6 is 0 Å². The maximum absolute atomic E-state index is 12.8. The van der Waals surface area contributed by atoms with Gasteiger partial charge in [0.25, 0.3) is 5.91 Å². The highest BCUT2D eigenvalue weighted by atomic mass is 16.5. The summed E-state index contributed by atoms with van der Waals surface area (Å²) in [5.74, 6) is 1.05. The number of carbonyl (C=O) groups is 2. The fourth-order valence-electron chi connectivity index (χ4n) is 4.02. The molecule has 1 spiro atoms. The highest BCUT2D eigenvalue weighted by molar-refractivity contribution is 5.94. The lowest BCUT2D eigenvalue weighted by Gasteiger charge is -2.38. The van der Waals surface area contributed by atoms with E-state index in [1.165, 1.54) is 5.56 Å². The first kappa shape index (κ1) is 18.5. The molecule has 2 fully saturated rings. The van der Waals surface area contributed by atoms with Crippen molar-refractivity contribution in [2.75, 3.05) is 19.6 Å². The van der Waals surface area contributed by atoms with Crippen molar-refractivity contribution >= 4 is 11.8 Å². The fraction of sp³-hybridized carbons (Fsp3) is 0.391. The monoisotopic (exact) mass is 378 g/mol. The molecule has 5 heteroatoms. The summed E-state index contributed by atoms with van der Waals surface area (Å²) < 4.78 is 5.80. The summed E-state index contributed by atoms with van der Waals surface area (Å²) in [6.45, 7) is 4.71. The van der Waals surface area contributed by atoms with Crippen LogP contribution in [0.4, 0.5) is 0 Å². The highest BCUT2D eigenvalue weighted by Gasteiger charge is 2.41. The van der Waals surface area contributed by atoms with Gasteiger partial charge in [-0.15, -0.1) is 0 Å². The van der Waals surface area contributed by atoms with Gasteiger partial charge >= 0.3 is 0 Å². The molecule has 4 rings (SSSR count). The lowest BCUT2D eigenvalue weighted by molar-refractivity contribution is -0.119. The molecule has 0 aromatic heterocycles. The summed E-state index contributed by atoms with van der Waals surface area (Å²) in [7, 11) is 0. The molecule has 0 unspecified atom stereocenters. The Morgan fingerprint density at radius 3 is 2.36 bits per heavy atom. The Labute approximate surface area is 165 Å². The van der Waals surface area contributed by atoms with Crippen LogP contribution in [0, 0.1) is 12.3 Å². The van der Waals surface area contributed by atoms with E-state index in [2.05, 4.69) is 5.32 Å². The van der Waals surface area contributed by atoms with E-state index in [-0.39, 0.29) is 17.2 Å². The molecule has 2 aromatic carbocycles. The molecule has 2 saturated heterocycles. The Balaban J connectivity index is 1.31. The van der Waals surface area contributed by atoms with E-state index in [1.54, 1.807) is 0 Å². The van der Waals surface area contributed by atoms with Gasteiger partial charge in [-0.2, -0.15) is 0 Å². The molecule has 2 aliphatic heterocycles. The molecular weight excluding hydrogens is 352 g/mol. The number of carbonyl (C=O) groups excluding carboxylic acids is 2. The molecule has 28 heavy (non-hydrogen) atoms. The third-order valence-corrected chi connectivity index (χ3v) is 5.93. The van der Waals surface area contributed by atoms with Gasteiger partial charge in [-0.25, -0.2) is 0 Å². The van der Waals surface area contributed by atoms with Crippen molar-refractivity contribution in [2.24, 2.45) is 5.41 Å². The van der Waals surface area contributed by atoms with Crippen molar-refractivity contribution < 1.29 is 14.3 Å². The van der Waals surface area contributed by atoms with Gasteiger partial charge in [0.1, 0.15) is 12.4 Å². The number of ether oxygens (including phenoxy) is 1. The maximum Gasteiger partial charge on any atom is 0.253 e. The summed E-state index contributed by atoms with van der Waals surface area (Å²) in [5, 5.41) is 2.93. The second-order valence-corrected chi connectivity index (χ2v) is 8.04. The van der Waals surface area contributed by atoms with Crippen molar-refractivity contribution in [3.05, 3.63) is 65.2 Å². The van der Waals surface area contributed by atoms with Crippen LogP contribution in [0.25, 0.3) is 0 Å². The number of piperidine rings is 1. The lowest BCUT2D eigenvalue weighted by Crippen LogP contribution is -2.44. The summed E-state index contributed by atoms with van der Waals surface area (Å²) in [6.07, 6.45) is 2.38. The first-order chi connectivity index (χ1) is 13.5. The molecule has 1 N–H and O–H groups in total. The molecule has 2 aromatic rings. The maximum atomic E-state index is 12.8. The first-order valence-corrected chi connectivity index (χ1v) is 9.87. The van der Waals surface area contributed by atoms with E-state index < -0.39 is 0 Å². The molecule has 0 radical (unpaired) electrons. The van der Waals surface area contributed by atoms with E-state index in [9.17, 15) is 9.59 Å². The molecule has 146 valence electrons. The van der Waals surface area contributed by atoms with Gasteiger partial charge in [0, 0.05) is 31.6 Å². The summed E-state index contributed by atoms with van der Waals surface area (Å²) in [4.78, 5) is 26.3. The van der Waals surface area contributed by atoms with Crippen LogP contribution in [-0.2, 0) is 11.4 Å². The second-order valence-electron chi connectivity index (χ2n) is 8.04. The second kappa shape index (κ2) is 7.66. The molecule has 5 nitrogen and oxygen atoms in total. The number of hydrogen-bond acceptors (Lipinski definition) is 3. The minimum absolute atomic E-state index is 0.0606. The standard InChI is InChI=1S/C23H26N2O3/c1-17-2-8-20(9-3-17)28-15-18-4-6-19(7-5-18)22(27)25-12-10-23(11-13-25)14-21(26)24-16-23/h2-9H,10-16H2,1H3,(H,24,26). The van der Waals surface area contributed by atoms with Crippen LogP contribution in [0.1, 0.15) is 40.7 Å². The Hall–Kier alpha value is -2.82. The normalized spacial score (nSPS) is 18.2. The Morgan fingerprint density at radius 1 is 1.07 bits per heavy atom. The smallest absolute Gasteiger partial charge is 0.253 e. The number of nitrogens with zero attached hydrogens (tertiary/aromatic N) is 1. The quantitative estimate of drug-likeness (QED) is 0.888. The number of likely N-dealkylation sites (tertiary alicyclic amines) is 1. The van der Waals surface area contributed by atoms with Crippen molar-refractivity contribution in [2.45, 2.75) is 32.8 Å². The Bertz CT molecular complexity index is 850. The van der Waals surface area contributed by atoms with E-state index in [0.717, 1.165) is 30.7 Å². The predicted octanol–water partition coefficient (Wildman–Crippen LogP) is 3.32. The van der Waals surface area contributed by atoms with Crippen LogP contribution in [-0.4, -0.2) is 36.3 Å². The Kier molecular flexibility index (Phi) is 5.07. The van der Waals surface area contributed by atoms with Gasteiger partial charge in [0.2, 0.25) is 5.91 Å². The van der Waals surface area contributed by atoms with Crippen LogP contribution in [0.2, 0.25) is 0 Å². The van der Waals surface area contributed by atoms with Crippen molar-refractivity contribution in [1.29, 1.82) is 0 Å². The average molecular weight is 378 g/mol. The van der Waals surface area contributed by atoms with Crippen molar-refractivity contribution in [3.8, 4) is 5.75 Å². The van der Waals surface area contributed by atoms with Crippen LogP contribution in [0.15, 0.2) is 48.5 Å². The summed E-state index contributed by atoms with van der Waals surface area (Å²) >= 11 is 0. The number of amides is 2. The largest absolute Gasteiger partial charge is 0.489 e. The van der Waals surface area contributed by atoms with Crippen molar-refractivity contribution in [1.82, 2.24) is 10.2 Å². The molecule has 2 aliphatic rings. The molecular formula is C23H26N2O3. The van der Waals surface area contributed by atoms with Gasteiger partial charge in [0.05, 0.1) is 0 Å². The minimum atomic E-state index is 0.0606. The van der Waals surface area contributed by atoms with Crippen molar-refractivity contribution in [3.63, 3.8) is 0 Å². The molecule has 2 amide bonds. The molecule has 2 heterocycles. The van der Waals surface area contributed by atoms with Gasteiger partial charge in [-0.3, -0.25) is 9.59 Å². The summed E-state index contributed by atoms with van der Waals surface area (Å²) in [6, 6.07) is 15.6. The first-order valence-electron chi connectivity index (χ1n) is 9.87. The van der Waals surface area contributed by atoms with Crippen LogP contribution in [0.5, 0.6) is 5.75 Å². The van der Waals surface area contributed by atoms with Crippen LogP contribution in [0.3, 0.4) is 0 Å². The number of hydrogen-bond donors (Lipinski definition) is 1. The number of benzene rings is 2. The van der Waals surface area contributed by atoms with Gasteiger partial charge < -0.3 is 15.0 Å². The Morgan fingerprint density at radius 2 is 1.75 bits per heavy atom. The van der Waals surface area contributed by atoms with E-state index in [1.807, 2.05) is 60.4 Å². The SMILES string of the molecule is Cc1ccc(OCc2ccc(C(=O)N3CCC4(CC3)CNC(=O)C4)cc2)cc1. The van der Waals surface area contributed by atoms with E-state index >= 15 is 0 Å². The highest BCUT2D eigenvalue weighted by Crippen LogP contribution is 2.37. The zero-order valence-electron chi connectivity index (χ0n) is 16.2. The van der Waals surface area contributed by atoms with E-state index in [0.29, 0.717) is 31.7 Å². The molecule has 0 aliphatic carbocycles. The lowest BCUT2D eigenvalue weighted by atomic mass is 9.77. The zero-order valence-corrected chi connectivity index (χ0v) is 16.2. The average Bonchev–Trinajstić information content (AvgIpc) is 3.08. The third kappa shape index (κ3) is 4.03. The fourth-order valence-corrected chi connectivity index (χ4v) is 4.02. The topological polar surface area (TPSA) is 58.6 Å². The number of aryl methyl sites for hydroxylation is 1.